The van der Waals surface area contributed by atoms with E-state index in [-0.39, 0.29) is 11.5 Å². The zero-order chi connectivity index (χ0) is 18.4. The molecule has 1 fully saturated rings. The van der Waals surface area contributed by atoms with Gasteiger partial charge in [0.2, 0.25) is 17.5 Å². The molecule has 0 radical (unpaired) electrons. The molecule has 2 bridgehead atoms. The zero-order valence-corrected chi connectivity index (χ0v) is 14.7. The normalized spacial score (nSPS) is 20.8. The average Bonchev–Trinajstić information content (AvgIpc) is 3.14. The minimum Gasteiger partial charge on any atom is -0.419 e. The number of anilines is 1. The summed E-state index contributed by atoms with van der Waals surface area (Å²) < 4.78 is 7.93. The first kappa shape index (κ1) is 15.9. The van der Waals surface area contributed by atoms with E-state index in [0.29, 0.717) is 29.9 Å². The lowest BCUT2D eigenvalue weighted by atomic mass is 9.83. The Morgan fingerprint density at radius 3 is 2.74 bits per heavy atom. The van der Waals surface area contributed by atoms with E-state index in [4.69, 9.17) is 4.42 Å². The maximum atomic E-state index is 12.2. The number of fused-ring (bicyclic) bond motifs is 4. The Balaban J connectivity index is 1.51. The summed E-state index contributed by atoms with van der Waals surface area (Å²) in [6.07, 6.45) is 1.06. The maximum absolute atomic E-state index is 12.2. The lowest BCUT2D eigenvalue weighted by Crippen LogP contribution is -2.47. The number of hydrogen-bond donors (Lipinski definition) is 0. The standard InChI is InChI=1S/C21H18N4O2/c22-10-17-21(27-20(23-17)15-5-2-1-3-6-15)24-11-14-9-16(13-24)18-7-4-8-19(26)25(18)12-14/h1-8,14,16H,9,11-13H2/t14-,16+/m1/s1. The monoisotopic (exact) mass is 358 g/mol. The number of piperidine rings is 1. The summed E-state index contributed by atoms with van der Waals surface area (Å²) in [6, 6.07) is 17.3. The third-order valence-corrected chi connectivity index (χ3v) is 5.50. The van der Waals surface area contributed by atoms with Crippen molar-refractivity contribution in [3.8, 4) is 17.5 Å². The average molecular weight is 358 g/mol. The van der Waals surface area contributed by atoms with E-state index in [0.717, 1.165) is 30.8 Å². The van der Waals surface area contributed by atoms with Crippen molar-refractivity contribution in [3.05, 3.63) is 70.3 Å². The molecule has 27 heavy (non-hydrogen) atoms. The molecule has 5 rings (SSSR count). The second kappa shape index (κ2) is 6.13. The second-order valence-corrected chi connectivity index (χ2v) is 7.25. The molecule has 4 heterocycles. The number of aromatic nitrogens is 2. The minimum absolute atomic E-state index is 0.0689. The molecule has 2 aromatic heterocycles. The fourth-order valence-corrected chi connectivity index (χ4v) is 4.37. The van der Waals surface area contributed by atoms with Crippen LogP contribution in [0.5, 0.6) is 0 Å². The van der Waals surface area contributed by atoms with Gasteiger partial charge in [-0.25, -0.2) is 0 Å². The van der Waals surface area contributed by atoms with Gasteiger partial charge in [0.1, 0.15) is 6.07 Å². The topological polar surface area (TPSA) is 75.1 Å². The Kier molecular flexibility index (Phi) is 3.61. The SMILES string of the molecule is N#Cc1nc(-c2ccccc2)oc1N1C[C@H]2C[C@@H](C1)c1cccc(=O)n1C2. The zero-order valence-electron chi connectivity index (χ0n) is 14.7. The number of pyridine rings is 1. The van der Waals surface area contributed by atoms with Gasteiger partial charge in [-0.15, -0.1) is 0 Å². The summed E-state index contributed by atoms with van der Waals surface area (Å²) in [5.41, 5.74) is 2.32. The fourth-order valence-electron chi connectivity index (χ4n) is 4.37. The van der Waals surface area contributed by atoms with Crippen LogP contribution in [0.25, 0.3) is 11.5 Å². The third kappa shape index (κ3) is 2.63. The lowest BCUT2D eigenvalue weighted by molar-refractivity contribution is 0.275. The third-order valence-electron chi connectivity index (χ3n) is 5.50. The lowest BCUT2D eigenvalue weighted by Gasteiger charge is -2.42. The number of hydrogen-bond acceptors (Lipinski definition) is 5. The van der Waals surface area contributed by atoms with E-state index in [1.54, 1.807) is 6.07 Å². The number of rotatable bonds is 2. The largest absolute Gasteiger partial charge is 0.419 e. The molecule has 6 nitrogen and oxygen atoms in total. The minimum atomic E-state index is 0.0689. The van der Waals surface area contributed by atoms with Crippen LogP contribution in [0.3, 0.4) is 0 Å². The molecular formula is C21H18N4O2. The van der Waals surface area contributed by atoms with Crippen LogP contribution in [0, 0.1) is 17.2 Å². The van der Waals surface area contributed by atoms with Gasteiger partial charge in [0.05, 0.1) is 0 Å². The van der Waals surface area contributed by atoms with Crippen LogP contribution in [0.15, 0.2) is 57.7 Å². The molecule has 2 aliphatic rings. The second-order valence-electron chi connectivity index (χ2n) is 7.25. The van der Waals surface area contributed by atoms with Crippen molar-refractivity contribution in [2.45, 2.75) is 18.9 Å². The van der Waals surface area contributed by atoms with E-state index < -0.39 is 0 Å². The predicted octanol–water partition coefficient (Wildman–Crippen LogP) is 3.00. The highest BCUT2D eigenvalue weighted by Crippen LogP contribution is 2.38. The van der Waals surface area contributed by atoms with E-state index in [1.807, 2.05) is 47.0 Å². The predicted molar refractivity (Wildman–Crippen MR) is 100 cm³/mol. The summed E-state index contributed by atoms with van der Waals surface area (Å²) in [5.74, 6) is 1.61. The van der Waals surface area contributed by atoms with E-state index in [2.05, 4.69) is 16.0 Å². The van der Waals surface area contributed by atoms with Gasteiger partial charge in [0, 0.05) is 42.9 Å². The maximum Gasteiger partial charge on any atom is 0.250 e. The Labute approximate surface area is 156 Å². The summed E-state index contributed by atoms with van der Waals surface area (Å²) >= 11 is 0. The number of nitriles is 1. The highest BCUT2D eigenvalue weighted by molar-refractivity contribution is 5.59. The molecule has 1 saturated heterocycles. The van der Waals surface area contributed by atoms with Gasteiger partial charge < -0.3 is 13.9 Å². The number of benzene rings is 1. The molecule has 0 unspecified atom stereocenters. The first-order valence-electron chi connectivity index (χ1n) is 9.14. The van der Waals surface area contributed by atoms with Crippen LogP contribution in [-0.4, -0.2) is 22.6 Å². The number of nitrogens with zero attached hydrogens (tertiary/aromatic N) is 4. The van der Waals surface area contributed by atoms with Crippen molar-refractivity contribution in [1.82, 2.24) is 9.55 Å². The van der Waals surface area contributed by atoms with Crippen molar-refractivity contribution >= 4 is 5.88 Å². The molecule has 2 aliphatic heterocycles. The molecule has 0 N–H and O–H groups in total. The first-order chi connectivity index (χ1) is 13.2. The van der Waals surface area contributed by atoms with E-state index in [9.17, 15) is 10.1 Å². The van der Waals surface area contributed by atoms with Crippen LogP contribution in [-0.2, 0) is 6.54 Å². The molecular weight excluding hydrogens is 340 g/mol. The number of oxazole rings is 1. The Hall–Kier alpha value is -3.33. The van der Waals surface area contributed by atoms with Crippen LogP contribution >= 0.6 is 0 Å². The molecule has 3 aromatic rings. The van der Waals surface area contributed by atoms with Crippen LogP contribution in [0.4, 0.5) is 5.88 Å². The van der Waals surface area contributed by atoms with Crippen molar-refractivity contribution in [1.29, 1.82) is 5.26 Å². The highest BCUT2D eigenvalue weighted by atomic mass is 16.4. The van der Waals surface area contributed by atoms with Gasteiger partial charge in [-0.05, 0) is 30.5 Å². The Morgan fingerprint density at radius 2 is 1.93 bits per heavy atom. The van der Waals surface area contributed by atoms with Gasteiger partial charge in [-0.3, -0.25) is 4.79 Å². The quantitative estimate of drug-likeness (QED) is 0.704. The van der Waals surface area contributed by atoms with Crippen molar-refractivity contribution < 1.29 is 4.42 Å². The molecule has 1 aromatic carbocycles. The van der Waals surface area contributed by atoms with Crippen LogP contribution in [0.1, 0.15) is 23.7 Å². The van der Waals surface area contributed by atoms with Crippen LogP contribution in [0.2, 0.25) is 0 Å². The first-order valence-corrected chi connectivity index (χ1v) is 9.14. The van der Waals surface area contributed by atoms with Gasteiger partial charge in [-0.2, -0.15) is 10.2 Å². The summed E-state index contributed by atoms with van der Waals surface area (Å²) in [7, 11) is 0. The van der Waals surface area contributed by atoms with Crippen molar-refractivity contribution in [2.75, 3.05) is 18.0 Å². The van der Waals surface area contributed by atoms with E-state index >= 15 is 0 Å². The van der Waals surface area contributed by atoms with Gasteiger partial charge in [0.25, 0.3) is 5.56 Å². The molecule has 6 heteroatoms. The summed E-state index contributed by atoms with van der Waals surface area (Å²) in [5, 5.41) is 9.56. The molecule has 2 atom stereocenters. The molecule has 0 saturated carbocycles. The van der Waals surface area contributed by atoms with Crippen LogP contribution < -0.4 is 10.5 Å². The fraction of sp³-hybridized carbons (Fsp3) is 0.286. The van der Waals surface area contributed by atoms with Gasteiger partial charge in [0.15, 0.2) is 0 Å². The van der Waals surface area contributed by atoms with Gasteiger partial charge in [-0.1, -0.05) is 24.3 Å². The van der Waals surface area contributed by atoms with E-state index in [1.165, 1.54) is 0 Å². The molecule has 0 amide bonds. The Bertz CT molecular complexity index is 1090. The summed E-state index contributed by atoms with van der Waals surface area (Å²) in [4.78, 5) is 18.7. The summed E-state index contributed by atoms with van der Waals surface area (Å²) in [6.45, 7) is 2.19. The molecule has 0 aliphatic carbocycles. The Morgan fingerprint density at radius 1 is 1.07 bits per heavy atom. The van der Waals surface area contributed by atoms with Crippen molar-refractivity contribution in [3.63, 3.8) is 0 Å². The highest BCUT2D eigenvalue weighted by Gasteiger charge is 2.36. The van der Waals surface area contributed by atoms with Gasteiger partial charge >= 0.3 is 0 Å². The smallest absolute Gasteiger partial charge is 0.250 e. The van der Waals surface area contributed by atoms with Crippen molar-refractivity contribution in [2.24, 2.45) is 5.92 Å². The molecule has 0 spiro atoms. The molecule has 134 valence electrons.